The summed E-state index contributed by atoms with van der Waals surface area (Å²) in [7, 11) is 1.65. The number of methoxy groups -OCH3 is 1. The second kappa shape index (κ2) is 13.2. The van der Waals surface area contributed by atoms with Gasteiger partial charge in [-0.05, 0) is 33.1 Å². The van der Waals surface area contributed by atoms with Crippen LogP contribution in [0.1, 0.15) is 46.5 Å². The summed E-state index contributed by atoms with van der Waals surface area (Å²) in [6.45, 7) is 9.25. The first kappa shape index (κ1) is 21.7. The molecule has 0 radical (unpaired) electrons. The minimum atomic E-state index is -0.275. The van der Waals surface area contributed by atoms with E-state index < -0.39 is 0 Å². The number of amides is 1. The van der Waals surface area contributed by atoms with Crippen LogP contribution in [0.2, 0.25) is 0 Å². The van der Waals surface area contributed by atoms with Gasteiger partial charge in [0.05, 0.1) is 18.8 Å². The maximum atomic E-state index is 11.8. The zero-order valence-electron chi connectivity index (χ0n) is 14.5. The SMILES string of the molecule is COCCOCCCNC(=O)CCC(C)(C)OCCC(C)S. The van der Waals surface area contributed by atoms with Crippen LogP contribution in [0.25, 0.3) is 0 Å². The molecule has 0 saturated heterocycles. The molecule has 0 aliphatic heterocycles. The summed E-state index contributed by atoms with van der Waals surface area (Å²) in [6, 6.07) is 0. The summed E-state index contributed by atoms with van der Waals surface area (Å²) >= 11 is 4.33. The highest BCUT2D eigenvalue weighted by Gasteiger charge is 2.19. The third kappa shape index (κ3) is 14.6. The van der Waals surface area contributed by atoms with E-state index in [1.807, 2.05) is 20.8 Å². The van der Waals surface area contributed by atoms with Gasteiger partial charge in [0, 0.05) is 38.5 Å². The van der Waals surface area contributed by atoms with Gasteiger partial charge in [-0.2, -0.15) is 12.6 Å². The third-order valence-electron chi connectivity index (χ3n) is 3.20. The van der Waals surface area contributed by atoms with Gasteiger partial charge in [-0.3, -0.25) is 4.79 Å². The molecule has 0 aromatic heterocycles. The number of carbonyl (C=O) groups is 1. The van der Waals surface area contributed by atoms with E-state index in [2.05, 4.69) is 17.9 Å². The van der Waals surface area contributed by atoms with Gasteiger partial charge in [0.2, 0.25) is 5.91 Å². The van der Waals surface area contributed by atoms with Crippen molar-refractivity contribution in [1.29, 1.82) is 0 Å². The number of ether oxygens (including phenoxy) is 3. The summed E-state index contributed by atoms with van der Waals surface area (Å²) in [6.07, 6.45) is 2.93. The zero-order chi connectivity index (χ0) is 16.8. The van der Waals surface area contributed by atoms with Crippen molar-refractivity contribution in [3.8, 4) is 0 Å². The Morgan fingerprint density at radius 1 is 1.23 bits per heavy atom. The van der Waals surface area contributed by atoms with E-state index >= 15 is 0 Å². The Bertz CT molecular complexity index is 285. The van der Waals surface area contributed by atoms with Gasteiger partial charge in [-0.1, -0.05) is 6.92 Å². The number of carbonyl (C=O) groups excluding carboxylic acids is 1. The zero-order valence-corrected chi connectivity index (χ0v) is 15.4. The topological polar surface area (TPSA) is 56.8 Å². The van der Waals surface area contributed by atoms with E-state index in [1.54, 1.807) is 7.11 Å². The highest BCUT2D eigenvalue weighted by Crippen LogP contribution is 2.17. The second-order valence-corrected chi connectivity index (χ2v) is 6.94. The van der Waals surface area contributed by atoms with Gasteiger partial charge in [0.15, 0.2) is 0 Å². The molecule has 1 amide bonds. The Kier molecular flexibility index (Phi) is 13.0. The monoisotopic (exact) mass is 335 g/mol. The van der Waals surface area contributed by atoms with Crippen LogP contribution in [0.3, 0.4) is 0 Å². The fourth-order valence-corrected chi connectivity index (χ4v) is 1.83. The van der Waals surface area contributed by atoms with Crippen LogP contribution in [0.15, 0.2) is 0 Å². The summed E-state index contributed by atoms with van der Waals surface area (Å²) in [5, 5.41) is 3.24. The minimum absolute atomic E-state index is 0.0659. The molecule has 0 spiro atoms. The van der Waals surface area contributed by atoms with E-state index in [0.29, 0.717) is 51.1 Å². The normalized spacial score (nSPS) is 13.1. The molecule has 0 aromatic rings. The van der Waals surface area contributed by atoms with Crippen molar-refractivity contribution in [2.45, 2.75) is 57.3 Å². The number of rotatable bonds is 14. The van der Waals surface area contributed by atoms with Crippen LogP contribution >= 0.6 is 12.6 Å². The van der Waals surface area contributed by atoms with Crippen LogP contribution in [0, 0.1) is 0 Å². The highest BCUT2D eigenvalue weighted by atomic mass is 32.1. The van der Waals surface area contributed by atoms with E-state index in [9.17, 15) is 4.79 Å². The number of hydrogen-bond acceptors (Lipinski definition) is 5. The molecule has 1 N–H and O–H groups in total. The second-order valence-electron chi connectivity index (χ2n) is 6.05. The van der Waals surface area contributed by atoms with Crippen LogP contribution in [-0.4, -0.2) is 56.8 Å². The molecule has 0 aromatic carbocycles. The average molecular weight is 336 g/mol. The van der Waals surface area contributed by atoms with Crippen molar-refractivity contribution in [2.75, 3.05) is 40.1 Å². The standard InChI is InChI=1S/C16H33NO4S/c1-14(22)7-11-21-16(2,3)8-6-15(18)17-9-5-10-20-13-12-19-4/h14,22H,5-13H2,1-4H3,(H,17,18). The molecule has 0 rings (SSSR count). The Morgan fingerprint density at radius 3 is 2.59 bits per heavy atom. The maximum Gasteiger partial charge on any atom is 0.220 e. The Balaban J connectivity index is 3.58. The van der Waals surface area contributed by atoms with Crippen molar-refractivity contribution < 1.29 is 19.0 Å². The Morgan fingerprint density at radius 2 is 1.95 bits per heavy atom. The predicted molar refractivity (Wildman–Crippen MR) is 92.7 cm³/mol. The smallest absolute Gasteiger partial charge is 0.220 e. The molecule has 0 bridgehead atoms. The van der Waals surface area contributed by atoms with Crippen LogP contribution in [0.5, 0.6) is 0 Å². The summed E-state index contributed by atoms with van der Waals surface area (Å²) in [4.78, 5) is 11.8. The molecule has 22 heavy (non-hydrogen) atoms. The lowest BCUT2D eigenvalue weighted by Gasteiger charge is -2.25. The quantitative estimate of drug-likeness (QED) is 0.378. The molecule has 132 valence electrons. The third-order valence-corrected chi connectivity index (χ3v) is 3.46. The lowest BCUT2D eigenvalue weighted by molar-refractivity contribution is -0.123. The molecule has 0 heterocycles. The molecule has 0 fully saturated rings. The molecule has 5 nitrogen and oxygen atoms in total. The first-order valence-electron chi connectivity index (χ1n) is 8.03. The molecule has 0 aliphatic carbocycles. The molecule has 6 heteroatoms. The molecule has 0 saturated carbocycles. The van der Waals surface area contributed by atoms with E-state index in [0.717, 1.165) is 12.8 Å². The van der Waals surface area contributed by atoms with Gasteiger partial charge in [0.25, 0.3) is 0 Å². The van der Waals surface area contributed by atoms with Crippen molar-refractivity contribution in [3.05, 3.63) is 0 Å². The van der Waals surface area contributed by atoms with Gasteiger partial charge < -0.3 is 19.5 Å². The molecular weight excluding hydrogens is 302 g/mol. The lowest BCUT2D eigenvalue weighted by atomic mass is 10.0. The van der Waals surface area contributed by atoms with E-state index in [-0.39, 0.29) is 11.5 Å². The van der Waals surface area contributed by atoms with Crippen molar-refractivity contribution in [2.24, 2.45) is 0 Å². The first-order valence-corrected chi connectivity index (χ1v) is 8.54. The molecule has 1 atom stereocenters. The van der Waals surface area contributed by atoms with Gasteiger partial charge in [-0.15, -0.1) is 0 Å². The predicted octanol–water partition coefficient (Wildman–Crippen LogP) is 2.44. The number of nitrogens with one attached hydrogen (secondary N) is 1. The van der Waals surface area contributed by atoms with Gasteiger partial charge >= 0.3 is 0 Å². The summed E-state index contributed by atoms with van der Waals surface area (Å²) in [5.74, 6) is 0.0659. The van der Waals surface area contributed by atoms with Crippen LogP contribution in [0.4, 0.5) is 0 Å². The van der Waals surface area contributed by atoms with E-state index in [4.69, 9.17) is 14.2 Å². The largest absolute Gasteiger partial charge is 0.382 e. The van der Waals surface area contributed by atoms with Crippen molar-refractivity contribution in [1.82, 2.24) is 5.32 Å². The van der Waals surface area contributed by atoms with Gasteiger partial charge in [0.1, 0.15) is 0 Å². The fraction of sp³-hybridized carbons (Fsp3) is 0.938. The van der Waals surface area contributed by atoms with Crippen LogP contribution in [-0.2, 0) is 19.0 Å². The average Bonchev–Trinajstić information content (AvgIpc) is 2.43. The minimum Gasteiger partial charge on any atom is -0.382 e. The van der Waals surface area contributed by atoms with Crippen molar-refractivity contribution in [3.63, 3.8) is 0 Å². The lowest BCUT2D eigenvalue weighted by Crippen LogP contribution is -2.30. The Labute approximate surface area is 140 Å². The first-order chi connectivity index (χ1) is 10.4. The van der Waals surface area contributed by atoms with Crippen LogP contribution < -0.4 is 5.32 Å². The van der Waals surface area contributed by atoms with Gasteiger partial charge in [-0.25, -0.2) is 0 Å². The molecular formula is C16H33NO4S. The molecule has 0 aliphatic rings. The summed E-state index contributed by atoms with van der Waals surface area (Å²) < 4.78 is 16.0. The fourth-order valence-electron chi connectivity index (χ4n) is 1.73. The molecule has 1 unspecified atom stereocenters. The maximum absolute atomic E-state index is 11.8. The summed E-state index contributed by atoms with van der Waals surface area (Å²) in [5.41, 5.74) is -0.275. The number of thiol groups is 1. The Hall–Kier alpha value is -0.300. The number of hydrogen-bond donors (Lipinski definition) is 2. The van der Waals surface area contributed by atoms with Crippen molar-refractivity contribution >= 4 is 18.5 Å². The van der Waals surface area contributed by atoms with E-state index in [1.165, 1.54) is 0 Å². The highest BCUT2D eigenvalue weighted by molar-refractivity contribution is 7.80.